The zero-order valence-corrected chi connectivity index (χ0v) is 10.4. The van der Waals surface area contributed by atoms with Crippen molar-refractivity contribution in [3.63, 3.8) is 0 Å². The molecule has 0 fully saturated rings. The van der Waals surface area contributed by atoms with Crippen LogP contribution in [0.4, 0.5) is 0 Å². The van der Waals surface area contributed by atoms with Crippen LogP contribution in [-0.2, 0) is 13.2 Å². The summed E-state index contributed by atoms with van der Waals surface area (Å²) in [4.78, 5) is 6.50. The summed E-state index contributed by atoms with van der Waals surface area (Å²) >= 11 is 1.58. The highest BCUT2D eigenvalue weighted by Crippen LogP contribution is 2.30. The number of oxazole rings is 1. The number of nitrogens with two attached hydrogens (primary N) is 1. The molecular formula is C13H12N2O2S. The van der Waals surface area contributed by atoms with Gasteiger partial charge in [0, 0.05) is 11.4 Å². The summed E-state index contributed by atoms with van der Waals surface area (Å²) in [6.45, 7) is 0.536. The van der Waals surface area contributed by atoms with E-state index in [1.807, 2.05) is 30.3 Å². The molecule has 0 bridgehead atoms. The van der Waals surface area contributed by atoms with Crippen molar-refractivity contribution < 1.29 is 9.52 Å². The van der Waals surface area contributed by atoms with Gasteiger partial charge >= 0.3 is 0 Å². The third-order valence-corrected chi connectivity index (χ3v) is 3.80. The predicted octanol–water partition coefficient (Wildman–Crippen LogP) is 2.51. The SMILES string of the molecule is NCc1ccc(-c2nc3cc(CO)ccc3o2)s1. The second kappa shape index (κ2) is 4.53. The lowest BCUT2D eigenvalue weighted by Crippen LogP contribution is -1.90. The summed E-state index contributed by atoms with van der Waals surface area (Å²) in [7, 11) is 0. The van der Waals surface area contributed by atoms with E-state index in [0.717, 1.165) is 26.4 Å². The number of hydrogen-bond acceptors (Lipinski definition) is 5. The summed E-state index contributed by atoms with van der Waals surface area (Å²) < 4.78 is 5.69. The fraction of sp³-hybridized carbons (Fsp3) is 0.154. The van der Waals surface area contributed by atoms with Crippen molar-refractivity contribution in [1.29, 1.82) is 0 Å². The largest absolute Gasteiger partial charge is 0.435 e. The summed E-state index contributed by atoms with van der Waals surface area (Å²) in [5.41, 5.74) is 7.91. The number of benzene rings is 1. The van der Waals surface area contributed by atoms with E-state index in [0.29, 0.717) is 12.4 Å². The second-order valence-electron chi connectivity index (χ2n) is 3.95. The van der Waals surface area contributed by atoms with Crippen molar-refractivity contribution in [2.24, 2.45) is 5.73 Å². The first-order valence-electron chi connectivity index (χ1n) is 5.59. The molecule has 3 aromatic rings. The van der Waals surface area contributed by atoms with Crippen LogP contribution in [0.3, 0.4) is 0 Å². The molecule has 0 aliphatic heterocycles. The molecule has 2 heterocycles. The minimum atomic E-state index is 0.00839. The Morgan fingerprint density at radius 3 is 2.89 bits per heavy atom. The lowest BCUT2D eigenvalue weighted by Gasteiger charge is -1.92. The number of aliphatic hydroxyl groups excluding tert-OH is 1. The Kier molecular flexibility index (Phi) is 2.87. The molecular weight excluding hydrogens is 248 g/mol. The van der Waals surface area contributed by atoms with Gasteiger partial charge in [-0.15, -0.1) is 11.3 Å². The Labute approximate surface area is 108 Å². The monoisotopic (exact) mass is 260 g/mol. The first-order chi connectivity index (χ1) is 8.80. The molecule has 4 nitrogen and oxygen atoms in total. The fourth-order valence-corrected chi connectivity index (χ4v) is 2.59. The summed E-state index contributed by atoms with van der Waals surface area (Å²) in [5, 5.41) is 9.09. The Hall–Kier alpha value is -1.69. The Morgan fingerprint density at radius 1 is 1.28 bits per heavy atom. The van der Waals surface area contributed by atoms with Crippen molar-refractivity contribution in [1.82, 2.24) is 4.98 Å². The molecule has 0 saturated carbocycles. The molecule has 5 heteroatoms. The van der Waals surface area contributed by atoms with Gasteiger partial charge in [-0.3, -0.25) is 0 Å². The lowest BCUT2D eigenvalue weighted by atomic mass is 10.2. The molecule has 3 rings (SSSR count). The van der Waals surface area contributed by atoms with Gasteiger partial charge in [0.15, 0.2) is 5.58 Å². The minimum Gasteiger partial charge on any atom is -0.435 e. The molecule has 92 valence electrons. The zero-order valence-electron chi connectivity index (χ0n) is 9.59. The Morgan fingerprint density at radius 2 is 2.17 bits per heavy atom. The summed E-state index contributed by atoms with van der Waals surface area (Å²) in [6.07, 6.45) is 0. The molecule has 0 spiro atoms. The molecule has 0 unspecified atom stereocenters. The topological polar surface area (TPSA) is 72.3 Å². The van der Waals surface area contributed by atoms with Crippen molar-refractivity contribution in [3.05, 3.63) is 40.8 Å². The molecule has 0 aliphatic rings. The molecule has 1 aromatic carbocycles. The highest BCUT2D eigenvalue weighted by Gasteiger charge is 2.10. The molecule has 3 N–H and O–H groups in total. The van der Waals surface area contributed by atoms with Crippen LogP contribution in [0.5, 0.6) is 0 Å². The normalized spacial score (nSPS) is 11.2. The highest BCUT2D eigenvalue weighted by atomic mass is 32.1. The molecule has 18 heavy (non-hydrogen) atoms. The van der Waals surface area contributed by atoms with Gasteiger partial charge < -0.3 is 15.3 Å². The Bertz CT molecular complexity index is 687. The number of rotatable bonds is 3. The number of nitrogens with zero attached hydrogens (tertiary/aromatic N) is 1. The van der Waals surface area contributed by atoms with Crippen LogP contribution < -0.4 is 5.73 Å². The average Bonchev–Trinajstić information content (AvgIpc) is 3.03. The maximum absolute atomic E-state index is 9.09. The zero-order chi connectivity index (χ0) is 12.5. The highest BCUT2D eigenvalue weighted by molar-refractivity contribution is 7.15. The van der Waals surface area contributed by atoms with Crippen LogP contribution in [0.1, 0.15) is 10.4 Å². The van der Waals surface area contributed by atoms with E-state index in [1.165, 1.54) is 0 Å². The smallest absolute Gasteiger partial charge is 0.237 e. The summed E-state index contributed by atoms with van der Waals surface area (Å²) in [6, 6.07) is 9.43. The second-order valence-corrected chi connectivity index (χ2v) is 5.12. The maximum atomic E-state index is 9.09. The van der Waals surface area contributed by atoms with E-state index in [2.05, 4.69) is 4.98 Å². The van der Waals surface area contributed by atoms with Crippen molar-refractivity contribution >= 4 is 22.4 Å². The average molecular weight is 260 g/mol. The number of fused-ring (bicyclic) bond motifs is 1. The number of thiophene rings is 1. The fourth-order valence-electron chi connectivity index (χ4n) is 1.78. The molecule has 0 saturated heterocycles. The maximum Gasteiger partial charge on any atom is 0.237 e. The standard InChI is InChI=1S/C13H12N2O2S/c14-6-9-2-4-12(18-9)13-15-10-5-8(7-16)1-3-11(10)17-13/h1-5,16H,6-7,14H2. The van der Waals surface area contributed by atoms with Gasteiger partial charge in [0.1, 0.15) is 5.52 Å². The Balaban J connectivity index is 2.07. The number of hydrogen-bond donors (Lipinski definition) is 2. The quantitative estimate of drug-likeness (QED) is 0.759. The van der Waals surface area contributed by atoms with E-state index < -0.39 is 0 Å². The molecule has 0 aliphatic carbocycles. The van der Waals surface area contributed by atoms with Crippen LogP contribution in [0.2, 0.25) is 0 Å². The third kappa shape index (κ3) is 1.92. The van der Waals surface area contributed by atoms with E-state index in [4.69, 9.17) is 15.3 Å². The van der Waals surface area contributed by atoms with Gasteiger partial charge in [0.05, 0.1) is 11.5 Å². The third-order valence-electron chi connectivity index (χ3n) is 2.71. The first-order valence-corrected chi connectivity index (χ1v) is 6.41. The van der Waals surface area contributed by atoms with Gasteiger partial charge in [-0.05, 0) is 29.8 Å². The van der Waals surface area contributed by atoms with Gasteiger partial charge in [0.2, 0.25) is 5.89 Å². The van der Waals surface area contributed by atoms with Gasteiger partial charge in [-0.1, -0.05) is 6.07 Å². The molecule has 2 aromatic heterocycles. The molecule has 0 radical (unpaired) electrons. The van der Waals surface area contributed by atoms with E-state index in [9.17, 15) is 0 Å². The molecule has 0 amide bonds. The van der Waals surface area contributed by atoms with Crippen LogP contribution in [0, 0.1) is 0 Å². The van der Waals surface area contributed by atoms with E-state index in [1.54, 1.807) is 11.3 Å². The van der Waals surface area contributed by atoms with Crippen LogP contribution in [-0.4, -0.2) is 10.1 Å². The van der Waals surface area contributed by atoms with Crippen LogP contribution in [0.25, 0.3) is 21.9 Å². The van der Waals surface area contributed by atoms with E-state index in [-0.39, 0.29) is 6.61 Å². The van der Waals surface area contributed by atoms with Gasteiger partial charge in [0.25, 0.3) is 0 Å². The minimum absolute atomic E-state index is 0.00839. The van der Waals surface area contributed by atoms with Crippen molar-refractivity contribution in [3.8, 4) is 10.8 Å². The van der Waals surface area contributed by atoms with E-state index >= 15 is 0 Å². The first kappa shape index (κ1) is 11.4. The van der Waals surface area contributed by atoms with Crippen LogP contribution >= 0.6 is 11.3 Å². The summed E-state index contributed by atoms with van der Waals surface area (Å²) in [5.74, 6) is 0.602. The number of aliphatic hydroxyl groups is 1. The van der Waals surface area contributed by atoms with Crippen molar-refractivity contribution in [2.45, 2.75) is 13.2 Å². The van der Waals surface area contributed by atoms with Gasteiger partial charge in [-0.25, -0.2) is 4.98 Å². The van der Waals surface area contributed by atoms with Crippen LogP contribution in [0.15, 0.2) is 34.7 Å². The van der Waals surface area contributed by atoms with Crippen molar-refractivity contribution in [2.75, 3.05) is 0 Å². The number of aromatic nitrogens is 1. The molecule has 0 atom stereocenters. The van der Waals surface area contributed by atoms with Gasteiger partial charge in [-0.2, -0.15) is 0 Å². The lowest BCUT2D eigenvalue weighted by molar-refractivity contribution is 0.282. The predicted molar refractivity (Wildman–Crippen MR) is 71.1 cm³/mol.